The number of rotatable bonds is 6. The Morgan fingerprint density at radius 1 is 1.29 bits per heavy atom. The molecule has 4 aliphatic rings. The molecule has 0 aromatic heterocycles. The number of halogens is 1. The van der Waals surface area contributed by atoms with Crippen LogP contribution in [0.1, 0.15) is 31.2 Å². The third kappa shape index (κ3) is 3.01. The number of benzene rings is 1. The average Bonchev–Trinajstić information content (AvgIpc) is 3.44. The molecule has 28 heavy (non-hydrogen) atoms. The van der Waals surface area contributed by atoms with Crippen molar-refractivity contribution in [2.24, 2.45) is 0 Å². The van der Waals surface area contributed by atoms with Gasteiger partial charge in [-0.3, -0.25) is 14.5 Å². The van der Waals surface area contributed by atoms with Crippen LogP contribution in [-0.2, 0) is 21.1 Å². The molecule has 4 fully saturated rings. The summed E-state index contributed by atoms with van der Waals surface area (Å²) in [4.78, 5) is 38.4. The fourth-order valence-electron chi connectivity index (χ4n) is 4.40. The fourth-order valence-corrected chi connectivity index (χ4v) is 5.13. The first kappa shape index (κ1) is 18.4. The molecule has 2 bridgehead atoms. The predicted octanol–water partition coefficient (Wildman–Crippen LogP) is 1.96. The van der Waals surface area contributed by atoms with E-state index in [-0.39, 0.29) is 29.6 Å². The number of fused-ring (bicyclic) bond motifs is 2. The molecular weight excluding hydrogens is 428 g/mol. The third-order valence-electron chi connectivity index (χ3n) is 6.34. The molecule has 3 aliphatic heterocycles. The topological polar surface area (TPSA) is 74.4 Å². The van der Waals surface area contributed by atoms with Crippen LogP contribution in [0.25, 0.3) is 0 Å². The summed E-state index contributed by atoms with van der Waals surface area (Å²) in [5, 5.41) is 1.44. The number of hydrogen-bond donors (Lipinski definition) is 1. The standard InChI is InChI=1S/C19H23BrN4O4/c20-23-9-8-19(23)10-16(19)28-21-17(25)15-7-6-14-11-22(15)18(26)24(14)27-12-13-4-2-1-3-5-13/h1-5,14-16H,6-12H2,(H,21,25). The summed E-state index contributed by atoms with van der Waals surface area (Å²) in [5.41, 5.74) is 3.65. The number of amides is 3. The van der Waals surface area contributed by atoms with Crippen molar-refractivity contribution in [1.82, 2.24) is 19.4 Å². The van der Waals surface area contributed by atoms with E-state index in [9.17, 15) is 9.59 Å². The highest BCUT2D eigenvalue weighted by molar-refractivity contribution is 9.07. The SMILES string of the molecule is O=C(NOC1CC12CCN2Br)C1CCC2CN1C(=O)N2OCc1ccccc1. The number of urea groups is 1. The Labute approximate surface area is 172 Å². The zero-order chi connectivity index (χ0) is 19.3. The van der Waals surface area contributed by atoms with Crippen molar-refractivity contribution in [1.29, 1.82) is 0 Å². The molecule has 1 spiro atoms. The number of nitrogens with zero attached hydrogens (tertiary/aromatic N) is 3. The molecule has 1 saturated carbocycles. The third-order valence-corrected chi connectivity index (χ3v) is 7.40. The highest BCUT2D eigenvalue weighted by atomic mass is 79.9. The number of hydroxylamine groups is 3. The van der Waals surface area contributed by atoms with Crippen molar-refractivity contribution in [3.8, 4) is 0 Å². The minimum Gasteiger partial charge on any atom is -0.309 e. The van der Waals surface area contributed by atoms with E-state index in [1.165, 1.54) is 5.06 Å². The van der Waals surface area contributed by atoms with E-state index in [4.69, 9.17) is 9.68 Å². The van der Waals surface area contributed by atoms with Crippen LogP contribution >= 0.6 is 16.1 Å². The summed E-state index contributed by atoms with van der Waals surface area (Å²) in [5.74, 6) is -0.251. The molecule has 1 aromatic carbocycles. The average molecular weight is 451 g/mol. The van der Waals surface area contributed by atoms with Gasteiger partial charge in [-0.2, -0.15) is 5.06 Å². The molecule has 4 unspecified atom stereocenters. The van der Waals surface area contributed by atoms with Gasteiger partial charge in [0.15, 0.2) is 0 Å². The van der Waals surface area contributed by atoms with E-state index < -0.39 is 6.04 Å². The molecular formula is C19H23BrN4O4. The van der Waals surface area contributed by atoms with Gasteiger partial charge in [0.1, 0.15) is 18.8 Å². The zero-order valence-corrected chi connectivity index (χ0v) is 17.0. The number of nitrogens with one attached hydrogen (secondary N) is 1. The molecule has 0 radical (unpaired) electrons. The summed E-state index contributed by atoms with van der Waals surface area (Å²) in [7, 11) is 0. The summed E-state index contributed by atoms with van der Waals surface area (Å²) < 4.78 is 2.09. The predicted molar refractivity (Wildman–Crippen MR) is 103 cm³/mol. The lowest BCUT2D eigenvalue weighted by atomic mass is 10.0. The van der Waals surface area contributed by atoms with Crippen LogP contribution in [0.15, 0.2) is 30.3 Å². The second kappa shape index (κ2) is 6.98. The molecule has 150 valence electrons. The van der Waals surface area contributed by atoms with Crippen LogP contribution in [-0.4, -0.2) is 62.6 Å². The normalized spacial score (nSPS) is 33.9. The Morgan fingerprint density at radius 3 is 2.79 bits per heavy atom. The van der Waals surface area contributed by atoms with Gasteiger partial charge in [0, 0.05) is 29.2 Å². The largest absolute Gasteiger partial charge is 0.345 e. The van der Waals surface area contributed by atoms with Crippen LogP contribution in [0.5, 0.6) is 0 Å². The smallest absolute Gasteiger partial charge is 0.309 e. The van der Waals surface area contributed by atoms with Gasteiger partial charge in [0.25, 0.3) is 5.91 Å². The lowest BCUT2D eigenvalue weighted by molar-refractivity contribution is -0.142. The quantitative estimate of drug-likeness (QED) is 0.529. The first-order chi connectivity index (χ1) is 13.6. The van der Waals surface area contributed by atoms with Gasteiger partial charge in [0.2, 0.25) is 0 Å². The molecule has 5 rings (SSSR count). The second-order valence-electron chi connectivity index (χ2n) is 7.98. The van der Waals surface area contributed by atoms with Gasteiger partial charge in [0.05, 0.1) is 11.6 Å². The fraction of sp³-hybridized carbons (Fsp3) is 0.579. The number of carbonyl (C=O) groups excluding carboxylic acids is 2. The van der Waals surface area contributed by atoms with Crippen LogP contribution < -0.4 is 5.48 Å². The lowest BCUT2D eigenvalue weighted by Crippen LogP contribution is -2.51. The summed E-state index contributed by atoms with van der Waals surface area (Å²) in [6.45, 7) is 1.84. The van der Waals surface area contributed by atoms with Crippen molar-refractivity contribution in [2.75, 3.05) is 13.1 Å². The van der Waals surface area contributed by atoms with E-state index in [1.54, 1.807) is 4.90 Å². The highest BCUT2D eigenvalue weighted by Gasteiger charge is 2.64. The van der Waals surface area contributed by atoms with Gasteiger partial charge in [-0.15, -0.1) is 0 Å². The number of piperidine rings is 1. The van der Waals surface area contributed by atoms with E-state index in [2.05, 4.69) is 25.6 Å². The molecule has 9 heteroatoms. The Balaban J connectivity index is 1.15. The first-order valence-corrected chi connectivity index (χ1v) is 10.4. The Bertz CT molecular complexity index is 780. The first-order valence-electron chi connectivity index (χ1n) is 9.74. The van der Waals surface area contributed by atoms with Crippen LogP contribution in [0.4, 0.5) is 4.79 Å². The van der Waals surface area contributed by atoms with Gasteiger partial charge >= 0.3 is 6.03 Å². The molecule has 1 aromatic rings. The number of hydrogen-bond acceptors (Lipinski definition) is 5. The maximum Gasteiger partial charge on any atom is 0.345 e. The maximum absolute atomic E-state index is 12.8. The summed E-state index contributed by atoms with van der Waals surface area (Å²) in [6.07, 6.45) is 3.34. The molecule has 3 amide bonds. The van der Waals surface area contributed by atoms with Crippen LogP contribution in [0.2, 0.25) is 0 Å². The zero-order valence-electron chi connectivity index (χ0n) is 15.4. The second-order valence-corrected chi connectivity index (χ2v) is 8.84. The van der Waals surface area contributed by atoms with Crippen molar-refractivity contribution in [2.45, 2.75) is 56.0 Å². The highest BCUT2D eigenvalue weighted by Crippen LogP contribution is 2.54. The minimum absolute atomic E-state index is 0.00943. The number of carbonyl (C=O) groups is 2. The molecule has 8 nitrogen and oxygen atoms in total. The van der Waals surface area contributed by atoms with Crippen molar-refractivity contribution in [3.63, 3.8) is 0 Å². The maximum atomic E-state index is 12.8. The van der Waals surface area contributed by atoms with Gasteiger partial charge in [-0.05, 0) is 31.2 Å². The van der Waals surface area contributed by atoms with Crippen LogP contribution in [0, 0.1) is 0 Å². The molecule has 3 saturated heterocycles. The van der Waals surface area contributed by atoms with E-state index in [0.29, 0.717) is 19.6 Å². The van der Waals surface area contributed by atoms with Gasteiger partial charge in [-0.1, -0.05) is 30.3 Å². The van der Waals surface area contributed by atoms with E-state index >= 15 is 0 Å². The monoisotopic (exact) mass is 450 g/mol. The minimum atomic E-state index is -0.509. The molecule has 1 N–H and O–H groups in total. The van der Waals surface area contributed by atoms with Crippen LogP contribution in [0.3, 0.4) is 0 Å². The van der Waals surface area contributed by atoms with E-state index in [1.807, 2.05) is 30.3 Å². The summed E-state index contributed by atoms with van der Waals surface area (Å²) >= 11 is 3.51. The lowest BCUT2D eigenvalue weighted by Gasteiger charge is -2.36. The van der Waals surface area contributed by atoms with Crippen molar-refractivity contribution < 1.29 is 19.3 Å². The molecule has 1 aliphatic carbocycles. The Morgan fingerprint density at radius 2 is 2.11 bits per heavy atom. The Hall–Kier alpha value is -1.68. The Kier molecular flexibility index (Phi) is 4.58. The van der Waals surface area contributed by atoms with Crippen molar-refractivity contribution >= 4 is 28.1 Å². The molecule has 3 heterocycles. The van der Waals surface area contributed by atoms with E-state index in [0.717, 1.165) is 31.4 Å². The summed E-state index contributed by atoms with van der Waals surface area (Å²) in [6, 6.07) is 8.98. The van der Waals surface area contributed by atoms with Gasteiger partial charge < -0.3 is 4.90 Å². The van der Waals surface area contributed by atoms with Crippen molar-refractivity contribution in [3.05, 3.63) is 35.9 Å². The van der Waals surface area contributed by atoms with Gasteiger partial charge in [-0.25, -0.2) is 14.2 Å². The molecule has 4 atom stereocenters.